The molecule has 0 saturated carbocycles. The quantitative estimate of drug-likeness (QED) is 0.487. The Morgan fingerprint density at radius 1 is 0.969 bits per heavy atom. The second-order valence-corrected chi connectivity index (χ2v) is 9.73. The molecule has 6 nitrogen and oxygen atoms in total. The molecule has 0 aromatic heterocycles. The maximum absolute atomic E-state index is 12.5. The van der Waals surface area contributed by atoms with Crippen molar-refractivity contribution in [1.82, 2.24) is 4.72 Å². The standard InChI is InChI=1S/C25H27NO5S/c1-17(2)31-23-11-9-21(10-12-23)24-13-6-20(14-18(24)3)16-32(29,30)26-15-19-4-7-22(8-5-19)25(27)28/h4-14,17,26H,15-16H2,1-3H3,(H,27,28). The molecule has 168 valence electrons. The zero-order valence-electron chi connectivity index (χ0n) is 18.3. The van der Waals surface area contributed by atoms with Crippen LogP contribution in [0.2, 0.25) is 0 Å². The Hall–Kier alpha value is -3.16. The summed E-state index contributed by atoms with van der Waals surface area (Å²) in [6, 6.07) is 19.6. The van der Waals surface area contributed by atoms with Gasteiger partial charge in [-0.2, -0.15) is 0 Å². The van der Waals surface area contributed by atoms with Crippen LogP contribution in [-0.2, 0) is 22.3 Å². The number of aromatic carboxylic acids is 1. The molecule has 0 fully saturated rings. The highest BCUT2D eigenvalue weighted by molar-refractivity contribution is 7.88. The summed E-state index contributed by atoms with van der Waals surface area (Å²) in [6.45, 7) is 6.02. The number of hydrogen-bond donors (Lipinski definition) is 2. The van der Waals surface area contributed by atoms with Crippen molar-refractivity contribution in [2.24, 2.45) is 0 Å². The highest BCUT2D eigenvalue weighted by Gasteiger charge is 2.13. The van der Waals surface area contributed by atoms with Crippen LogP contribution in [-0.4, -0.2) is 25.6 Å². The monoisotopic (exact) mass is 453 g/mol. The van der Waals surface area contributed by atoms with Crippen molar-refractivity contribution in [2.45, 2.75) is 39.2 Å². The van der Waals surface area contributed by atoms with Gasteiger partial charge in [-0.3, -0.25) is 0 Å². The molecule has 0 saturated heterocycles. The summed E-state index contributed by atoms with van der Waals surface area (Å²) < 4.78 is 33.3. The number of rotatable bonds is 9. The first-order chi connectivity index (χ1) is 15.1. The second kappa shape index (κ2) is 9.97. The van der Waals surface area contributed by atoms with Crippen LogP contribution in [0.15, 0.2) is 66.7 Å². The zero-order valence-corrected chi connectivity index (χ0v) is 19.1. The molecule has 0 aliphatic rings. The topological polar surface area (TPSA) is 92.7 Å². The lowest BCUT2D eigenvalue weighted by Gasteiger charge is -2.12. The molecule has 0 spiro atoms. The minimum atomic E-state index is -3.55. The molecule has 7 heteroatoms. The van der Waals surface area contributed by atoms with Gasteiger partial charge in [0.1, 0.15) is 5.75 Å². The largest absolute Gasteiger partial charge is 0.491 e. The van der Waals surface area contributed by atoms with E-state index < -0.39 is 16.0 Å². The normalized spacial score (nSPS) is 11.5. The Labute approximate surface area is 188 Å². The average molecular weight is 454 g/mol. The van der Waals surface area contributed by atoms with Crippen molar-refractivity contribution < 1.29 is 23.1 Å². The molecular weight excluding hydrogens is 426 g/mol. The number of benzene rings is 3. The second-order valence-electron chi connectivity index (χ2n) is 7.92. The van der Waals surface area contributed by atoms with Crippen LogP contribution in [0, 0.1) is 6.92 Å². The molecule has 0 atom stereocenters. The molecule has 0 unspecified atom stereocenters. The highest BCUT2D eigenvalue weighted by atomic mass is 32.2. The van der Waals surface area contributed by atoms with Crippen molar-refractivity contribution in [3.05, 3.63) is 89.0 Å². The first-order valence-electron chi connectivity index (χ1n) is 10.3. The van der Waals surface area contributed by atoms with Gasteiger partial charge in [0.2, 0.25) is 10.0 Å². The van der Waals surface area contributed by atoms with E-state index in [4.69, 9.17) is 9.84 Å². The number of sulfonamides is 1. The SMILES string of the molecule is Cc1cc(CS(=O)(=O)NCc2ccc(C(=O)O)cc2)ccc1-c1ccc(OC(C)C)cc1. The van der Waals surface area contributed by atoms with Crippen LogP contribution < -0.4 is 9.46 Å². The molecule has 0 bridgehead atoms. The molecule has 32 heavy (non-hydrogen) atoms. The fraction of sp³-hybridized carbons (Fsp3) is 0.240. The van der Waals surface area contributed by atoms with Gasteiger partial charge in [-0.15, -0.1) is 0 Å². The number of hydrogen-bond acceptors (Lipinski definition) is 4. The van der Waals surface area contributed by atoms with Crippen LogP contribution in [0.1, 0.15) is 40.9 Å². The van der Waals surface area contributed by atoms with Gasteiger partial charge in [-0.25, -0.2) is 17.9 Å². The molecule has 0 heterocycles. The fourth-order valence-electron chi connectivity index (χ4n) is 3.35. The predicted molar refractivity (Wildman–Crippen MR) is 125 cm³/mol. The number of ether oxygens (including phenoxy) is 1. The lowest BCUT2D eigenvalue weighted by molar-refractivity contribution is 0.0697. The average Bonchev–Trinajstić information content (AvgIpc) is 2.73. The Kier molecular flexibility index (Phi) is 7.33. The van der Waals surface area contributed by atoms with Crippen molar-refractivity contribution in [3.63, 3.8) is 0 Å². The Balaban J connectivity index is 1.65. The van der Waals surface area contributed by atoms with Gasteiger partial charge in [0.25, 0.3) is 0 Å². The van der Waals surface area contributed by atoms with Gasteiger partial charge in [-0.05, 0) is 72.9 Å². The maximum Gasteiger partial charge on any atom is 0.335 e. The summed E-state index contributed by atoms with van der Waals surface area (Å²) >= 11 is 0. The summed E-state index contributed by atoms with van der Waals surface area (Å²) in [5.74, 6) is -0.341. The van der Waals surface area contributed by atoms with Crippen LogP contribution in [0.3, 0.4) is 0 Å². The molecule has 0 amide bonds. The molecule has 0 aliphatic heterocycles. The molecule has 0 aliphatic carbocycles. The summed E-state index contributed by atoms with van der Waals surface area (Å²) in [5, 5.41) is 8.94. The van der Waals surface area contributed by atoms with Crippen molar-refractivity contribution >= 4 is 16.0 Å². The third kappa shape index (κ3) is 6.42. The third-order valence-electron chi connectivity index (χ3n) is 4.88. The zero-order chi connectivity index (χ0) is 23.3. The van der Waals surface area contributed by atoms with E-state index in [-0.39, 0.29) is 24.0 Å². The summed E-state index contributed by atoms with van der Waals surface area (Å²) in [4.78, 5) is 10.9. The first-order valence-corrected chi connectivity index (χ1v) is 11.9. The van der Waals surface area contributed by atoms with Gasteiger partial charge in [0.15, 0.2) is 0 Å². The number of carboxylic acids is 1. The lowest BCUT2D eigenvalue weighted by atomic mass is 9.99. The van der Waals surface area contributed by atoms with Gasteiger partial charge < -0.3 is 9.84 Å². The molecule has 3 rings (SSSR count). The van der Waals surface area contributed by atoms with Crippen molar-refractivity contribution in [3.8, 4) is 16.9 Å². The number of carbonyl (C=O) groups is 1. The fourth-order valence-corrected chi connectivity index (χ4v) is 4.46. The van der Waals surface area contributed by atoms with Gasteiger partial charge in [0.05, 0.1) is 17.4 Å². The first kappa shape index (κ1) is 23.5. The van der Waals surface area contributed by atoms with Crippen LogP contribution in [0.25, 0.3) is 11.1 Å². The van der Waals surface area contributed by atoms with Gasteiger partial charge >= 0.3 is 5.97 Å². The highest BCUT2D eigenvalue weighted by Crippen LogP contribution is 2.27. The summed E-state index contributed by atoms with van der Waals surface area (Å²) in [7, 11) is -3.55. The minimum Gasteiger partial charge on any atom is -0.491 e. The molecule has 2 N–H and O–H groups in total. The van der Waals surface area contributed by atoms with Crippen molar-refractivity contribution in [1.29, 1.82) is 0 Å². The van der Waals surface area contributed by atoms with E-state index in [2.05, 4.69) is 4.72 Å². The number of nitrogens with one attached hydrogen (secondary N) is 1. The molecule has 3 aromatic rings. The minimum absolute atomic E-state index is 0.101. The van der Waals surface area contributed by atoms with E-state index in [1.54, 1.807) is 12.1 Å². The Bertz CT molecular complexity index is 1180. The van der Waals surface area contributed by atoms with Crippen LogP contribution >= 0.6 is 0 Å². The molecular formula is C25H27NO5S. The molecule has 3 aromatic carbocycles. The van der Waals surface area contributed by atoms with Gasteiger partial charge in [0, 0.05) is 6.54 Å². The summed E-state index contributed by atoms with van der Waals surface area (Å²) in [5.41, 5.74) is 4.60. The lowest BCUT2D eigenvalue weighted by Crippen LogP contribution is -2.24. The van der Waals surface area contributed by atoms with Crippen LogP contribution in [0.4, 0.5) is 0 Å². The number of carboxylic acid groups (broad SMARTS) is 1. The van der Waals surface area contributed by atoms with Gasteiger partial charge in [-0.1, -0.05) is 42.5 Å². The van der Waals surface area contributed by atoms with Crippen molar-refractivity contribution in [2.75, 3.05) is 0 Å². The third-order valence-corrected chi connectivity index (χ3v) is 6.18. The van der Waals surface area contributed by atoms with E-state index in [1.165, 1.54) is 12.1 Å². The van der Waals surface area contributed by atoms with E-state index in [0.29, 0.717) is 11.1 Å². The van der Waals surface area contributed by atoms with E-state index in [1.807, 2.05) is 63.2 Å². The van der Waals surface area contributed by atoms with E-state index in [0.717, 1.165) is 22.4 Å². The summed E-state index contributed by atoms with van der Waals surface area (Å²) in [6.07, 6.45) is 0.113. The predicted octanol–water partition coefficient (Wildman–Crippen LogP) is 4.77. The Morgan fingerprint density at radius 2 is 1.59 bits per heavy atom. The molecule has 0 radical (unpaired) electrons. The number of aryl methyl sites for hydroxylation is 1. The van der Waals surface area contributed by atoms with E-state index >= 15 is 0 Å². The maximum atomic E-state index is 12.5. The van der Waals surface area contributed by atoms with Crippen LogP contribution in [0.5, 0.6) is 5.75 Å². The van der Waals surface area contributed by atoms with E-state index in [9.17, 15) is 13.2 Å². The smallest absolute Gasteiger partial charge is 0.335 e. The Morgan fingerprint density at radius 3 is 2.16 bits per heavy atom.